The fourth-order valence-corrected chi connectivity index (χ4v) is 4.36. The number of aryl methyl sites for hydroxylation is 2. The molecule has 0 aliphatic carbocycles. The van der Waals surface area contributed by atoms with Crippen LogP contribution in [0.2, 0.25) is 0 Å². The Morgan fingerprint density at radius 1 is 1.18 bits per heavy atom. The number of tetrazole rings is 1. The van der Waals surface area contributed by atoms with Gasteiger partial charge in [0.25, 0.3) is 0 Å². The second kappa shape index (κ2) is 11.6. The Kier molecular flexibility index (Phi) is 8.04. The molecule has 1 N–H and O–H groups in total. The zero-order valence-corrected chi connectivity index (χ0v) is 20.1. The van der Waals surface area contributed by atoms with Gasteiger partial charge in [-0.2, -0.15) is 0 Å². The van der Waals surface area contributed by atoms with Gasteiger partial charge in [0.15, 0.2) is 17.5 Å². The molecule has 0 saturated heterocycles. The molecule has 0 atom stereocenters. The van der Waals surface area contributed by atoms with Gasteiger partial charge in [-0.25, -0.2) is 9.67 Å². The van der Waals surface area contributed by atoms with Crippen LogP contribution < -0.4 is 5.32 Å². The molecular weight excluding hydrogens is 454 g/mol. The molecule has 2 aromatic heterocycles. The van der Waals surface area contributed by atoms with Gasteiger partial charge < -0.3 is 10.2 Å². The van der Waals surface area contributed by atoms with Crippen LogP contribution in [0.15, 0.2) is 70.0 Å². The van der Waals surface area contributed by atoms with Gasteiger partial charge in [-0.05, 0) is 47.2 Å². The summed E-state index contributed by atoms with van der Waals surface area (Å²) in [6.45, 7) is 1.13. The first-order valence-corrected chi connectivity index (χ1v) is 12.6. The van der Waals surface area contributed by atoms with Crippen LogP contribution in [0.1, 0.15) is 29.1 Å². The highest BCUT2D eigenvalue weighted by atomic mass is 32.2. The van der Waals surface area contributed by atoms with Crippen LogP contribution >= 0.6 is 23.1 Å². The molecule has 4 aromatic rings. The molecule has 8 nitrogen and oxygen atoms in total. The molecule has 0 aliphatic heterocycles. The number of rotatable bonds is 11. The third kappa shape index (κ3) is 6.39. The van der Waals surface area contributed by atoms with E-state index in [1.54, 1.807) is 34.8 Å². The van der Waals surface area contributed by atoms with E-state index < -0.39 is 0 Å². The quantitative estimate of drug-likeness (QED) is 0.148. The van der Waals surface area contributed by atoms with E-state index in [1.165, 1.54) is 5.56 Å². The van der Waals surface area contributed by atoms with E-state index in [-0.39, 0.29) is 6.61 Å². The molecule has 10 heteroatoms. The fourth-order valence-electron chi connectivity index (χ4n) is 3.17. The second-order valence-electron chi connectivity index (χ2n) is 7.23. The van der Waals surface area contributed by atoms with Crippen LogP contribution in [0.4, 0.5) is 5.13 Å². The van der Waals surface area contributed by atoms with Gasteiger partial charge >= 0.3 is 0 Å². The maximum atomic E-state index is 5.67. The first-order valence-electron chi connectivity index (χ1n) is 10.5. The zero-order valence-electron chi connectivity index (χ0n) is 18.5. The van der Waals surface area contributed by atoms with Crippen molar-refractivity contribution in [2.45, 2.75) is 24.3 Å². The lowest BCUT2D eigenvalue weighted by molar-refractivity contribution is 0.128. The number of anilines is 1. The zero-order chi connectivity index (χ0) is 22.9. The Bertz CT molecular complexity index is 1190. The smallest absolute Gasteiger partial charge is 0.204 e. The van der Waals surface area contributed by atoms with Crippen molar-refractivity contribution in [3.05, 3.63) is 82.6 Å². The molecule has 0 fully saturated rings. The van der Waals surface area contributed by atoms with Gasteiger partial charge in [-0.1, -0.05) is 47.6 Å². The van der Waals surface area contributed by atoms with Crippen LogP contribution in [0.25, 0.3) is 0 Å². The standard InChI is InChI=1S/C23H25N7OS2/c1-30-22(26-28-29-30)21(18-11-6-12-20(14-18)32-2)27-31-15-19-16-33-23(25-19)24-13-7-10-17-8-4-3-5-9-17/h3-6,8-9,11-12,14,16H,7,10,13,15H2,1-2H3,(H,24,25)/b27-21+. The maximum absolute atomic E-state index is 5.67. The van der Waals surface area contributed by atoms with Crippen molar-refractivity contribution in [1.29, 1.82) is 0 Å². The topological polar surface area (TPSA) is 90.1 Å². The average Bonchev–Trinajstić information content (AvgIpc) is 3.49. The van der Waals surface area contributed by atoms with Gasteiger partial charge in [0.2, 0.25) is 5.82 Å². The maximum Gasteiger partial charge on any atom is 0.204 e. The minimum Gasteiger partial charge on any atom is -0.389 e. The predicted molar refractivity (Wildman–Crippen MR) is 133 cm³/mol. The van der Waals surface area contributed by atoms with Crippen LogP contribution in [-0.2, 0) is 24.9 Å². The van der Waals surface area contributed by atoms with Crippen molar-refractivity contribution < 1.29 is 4.84 Å². The van der Waals surface area contributed by atoms with Gasteiger partial charge in [-0.15, -0.1) is 28.2 Å². The molecule has 170 valence electrons. The Balaban J connectivity index is 1.35. The summed E-state index contributed by atoms with van der Waals surface area (Å²) in [6, 6.07) is 18.5. The van der Waals surface area contributed by atoms with E-state index in [0.717, 1.165) is 40.7 Å². The summed E-state index contributed by atoms with van der Waals surface area (Å²) in [6.07, 6.45) is 4.12. The van der Waals surface area contributed by atoms with Crippen LogP contribution in [0.5, 0.6) is 0 Å². The SMILES string of the molecule is CSc1cccc(/C(=N\OCc2csc(NCCCc3ccccc3)n2)c2nnnn2C)c1. The monoisotopic (exact) mass is 479 g/mol. The first-order chi connectivity index (χ1) is 16.2. The van der Waals surface area contributed by atoms with Crippen LogP contribution in [0.3, 0.4) is 0 Å². The van der Waals surface area contributed by atoms with Crippen molar-refractivity contribution in [2.75, 3.05) is 18.1 Å². The Morgan fingerprint density at radius 3 is 2.85 bits per heavy atom. The highest BCUT2D eigenvalue weighted by Gasteiger charge is 2.16. The largest absolute Gasteiger partial charge is 0.389 e. The van der Waals surface area contributed by atoms with Crippen molar-refractivity contribution in [3.8, 4) is 0 Å². The summed E-state index contributed by atoms with van der Waals surface area (Å²) in [5, 5.41) is 22.4. The Labute approximate surface area is 201 Å². The normalized spacial score (nSPS) is 11.5. The van der Waals surface area contributed by atoms with Crippen molar-refractivity contribution in [3.63, 3.8) is 0 Å². The lowest BCUT2D eigenvalue weighted by Crippen LogP contribution is -2.12. The van der Waals surface area contributed by atoms with E-state index in [2.05, 4.69) is 55.2 Å². The van der Waals surface area contributed by atoms with E-state index in [1.807, 2.05) is 42.0 Å². The Hall–Kier alpha value is -3.24. The van der Waals surface area contributed by atoms with Crippen LogP contribution in [0, 0.1) is 0 Å². The van der Waals surface area contributed by atoms with Crippen molar-refractivity contribution >= 4 is 33.9 Å². The third-order valence-electron chi connectivity index (χ3n) is 4.86. The number of nitrogens with one attached hydrogen (secondary N) is 1. The summed E-state index contributed by atoms with van der Waals surface area (Å²) in [7, 11) is 1.78. The number of benzene rings is 2. The summed E-state index contributed by atoms with van der Waals surface area (Å²) in [5.74, 6) is 0.535. The van der Waals surface area contributed by atoms with E-state index in [4.69, 9.17) is 4.84 Å². The summed E-state index contributed by atoms with van der Waals surface area (Å²) in [4.78, 5) is 11.4. The molecule has 0 spiro atoms. The summed E-state index contributed by atoms with van der Waals surface area (Å²) in [5.41, 5.74) is 3.64. The highest BCUT2D eigenvalue weighted by molar-refractivity contribution is 7.98. The second-order valence-corrected chi connectivity index (χ2v) is 8.97. The Morgan fingerprint density at radius 2 is 2.06 bits per heavy atom. The minimum absolute atomic E-state index is 0.263. The number of oxime groups is 1. The highest BCUT2D eigenvalue weighted by Crippen LogP contribution is 2.19. The number of hydrogen-bond donors (Lipinski definition) is 1. The average molecular weight is 480 g/mol. The molecule has 0 bridgehead atoms. The number of thioether (sulfide) groups is 1. The number of aromatic nitrogens is 5. The number of hydrogen-bond acceptors (Lipinski definition) is 9. The molecular formula is C23H25N7OS2. The van der Waals surface area contributed by atoms with Crippen molar-refractivity contribution in [1.82, 2.24) is 25.2 Å². The van der Waals surface area contributed by atoms with Gasteiger partial charge in [-0.3, -0.25) is 0 Å². The van der Waals surface area contributed by atoms with Crippen molar-refractivity contribution in [2.24, 2.45) is 12.2 Å². The third-order valence-corrected chi connectivity index (χ3v) is 6.43. The predicted octanol–water partition coefficient (Wildman–Crippen LogP) is 4.40. The van der Waals surface area contributed by atoms with Gasteiger partial charge in [0, 0.05) is 29.4 Å². The molecule has 0 saturated carbocycles. The molecule has 4 rings (SSSR count). The minimum atomic E-state index is 0.263. The first kappa shape index (κ1) is 22.9. The molecule has 0 amide bonds. The van der Waals surface area contributed by atoms with E-state index >= 15 is 0 Å². The van der Waals surface area contributed by atoms with Gasteiger partial charge in [0.1, 0.15) is 0 Å². The van der Waals surface area contributed by atoms with Gasteiger partial charge in [0.05, 0.1) is 5.69 Å². The molecule has 0 aliphatic rings. The number of nitrogens with zero attached hydrogens (tertiary/aromatic N) is 6. The van der Waals surface area contributed by atoms with Crippen LogP contribution in [-0.4, -0.2) is 43.7 Å². The lowest BCUT2D eigenvalue weighted by atomic mass is 10.1. The summed E-state index contributed by atoms with van der Waals surface area (Å²) >= 11 is 3.23. The number of thiazole rings is 1. The molecule has 2 heterocycles. The summed E-state index contributed by atoms with van der Waals surface area (Å²) < 4.78 is 1.58. The molecule has 0 radical (unpaired) electrons. The van der Waals surface area contributed by atoms with E-state index in [0.29, 0.717) is 11.5 Å². The molecule has 33 heavy (non-hydrogen) atoms. The molecule has 2 aromatic carbocycles. The molecule has 0 unspecified atom stereocenters. The lowest BCUT2D eigenvalue weighted by Gasteiger charge is -2.07. The fraction of sp³-hybridized carbons (Fsp3) is 0.261. The van der Waals surface area contributed by atoms with E-state index in [9.17, 15) is 0 Å².